The van der Waals surface area contributed by atoms with E-state index in [4.69, 9.17) is 9.47 Å². The van der Waals surface area contributed by atoms with E-state index in [9.17, 15) is 15.0 Å². The van der Waals surface area contributed by atoms with Gasteiger partial charge in [-0.25, -0.2) is 4.79 Å². The van der Waals surface area contributed by atoms with E-state index in [1.807, 2.05) is 0 Å². The predicted molar refractivity (Wildman–Crippen MR) is 70.5 cm³/mol. The van der Waals surface area contributed by atoms with Gasteiger partial charge in [-0.05, 0) is 31.6 Å². The zero-order chi connectivity index (χ0) is 14.7. The zero-order valence-corrected chi connectivity index (χ0v) is 11.5. The minimum atomic E-state index is -1.51. The number of hydrogen-bond acceptors (Lipinski definition) is 5. The van der Waals surface area contributed by atoms with E-state index in [2.05, 4.69) is 6.58 Å². The van der Waals surface area contributed by atoms with Gasteiger partial charge in [0.25, 0.3) is 0 Å². The maximum atomic E-state index is 11.7. The molecule has 5 heteroatoms. The Morgan fingerprint density at radius 3 is 2.85 bits per heavy atom. The topological polar surface area (TPSA) is 76.0 Å². The largest absolute Gasteiger partial charge is 0.454 e. The van der Waals surface area contributed by atoms with Crippen LogP contribution in [-0.2, 0) is 14.3 Å². The molecule has 0 radical (unpaired) electrons. The van der Waals surface area contributed by atoms with Gasteiger partial charge in [-0.15, -0.1) is 0 Å². The summed E-state index contributed by atoms with van der Waals surface area (Å²) in [6.07, 6.45) is 3.74. The van der Waals surface area contributed by atoms with Crippen LogP contribution in [-0.4, -0.2) is 39.8 Å². The first-order valence-corrected chi connectivity index (χ1v) is 6.64. The molecule has 0 aliphatic carbocycles. The van der Waals surface area contributed by atoms with Crippen LogP contribution < -0.4 is 0 Å². The van der Waals surface area contributed by atoms with Crippen LogP contribution in [0, 0.1) is 5.92 Å². The van der Waals surface area contributed by atoms with Gasteiger partial charge < -0.3 is 19.7 Å². The van der Waals surface area contributed by atoms with Gasteiger partial charge in [0.2, 0.25) is 5.79 Å². The number of rotatable bonds is 0. The lowest BCUT2D eigenvalue weighted by Crippen LogP contribution is -2.38. The Hall–Kier alpha value is -1.43. The van der Waals surface area contributed by atoms with E-state index in [0.29, 0.717) is 5.57 Å². The molecule has 0 aromatic heterocycles. The third-order valence-electron chi connectivity index (χ3n) is 4.32. The number of carbonyl (C=O) groups excluding carboxylic acids is 1. The van der Waals surface area contributed by atoms with Gasteiger partial charge in [0.05, 0.1) is 17.6 Å². The number of aliphatic hydroxyl groups is 2. The number of fused-ring (bicyclic) bond motifs is 3. The number of carbonyl (C=O) groups is 1. The molecule has 0 unspecified atom stereocenters. The molecule has 0 saturated carbocycles. The minimum absolute atomic E-state index is 0.254. The first kappa shape index (κ1) is 13.5. The maximum Gasteiger partial charge on any atom is 0.334 e. The summed E-state index contributed by atoms with van der Waals surface area (Å²) in [7, 11) is 0. The third kappa shape index (κ3) is 1.85. The van der Waals surface area contributed by atoms with Crippen LogP contribution in [0.5, 0.6) is 0 Å². The highest BCUT2D eigenvalue weighted by Gasteiger charge is 2.50. The lowest BCUT2D eigenvalue weighted by Gasteiger charge is -2.31. The number of aliphatic hydroxyl groups excluding tert-OH is 1. The summed E-state index contributed by atoms with van der Waals surface area (Å²) in [4.78, 5) is 11.7. The molecule has 108 valence electrons. The molecule has 3 heterocycles. The molecule has 5 nitrogen and oxygen atoms in total. The fourth-order valence-corrected chi connectivity index (χ4v) is 3.14. The molecule has 2 bridgehead atoms. The van der Waals surface area contributed by atoms with Gasteiger partial charge >= 0.3 is 5.97 Å². The Morgan fingerprint density at radius 1 is 1.45 bits per heavy atom. The molecule has 2 N–H and O–H groups in total. The van der Waals surface area contributed by atoms with Gasteiger partial charge in [-0.1, -0.05) is 12.7 Å². The quantitative estimate of drug-likeness (QED) is 0.390. The van der Waals surface area contributed by atoms with Crippen LogP contribution in [0.4, 0.5) is 0 Å². The standard InChI is InChI=1S/C15H18O5/c1-8-6-11-12(9(2)13(17)19-11)10(16)7-14(3)4-5-15(8,18)20-14/h4-6,10-12,16,18H,2,7H2,1,3H3/b8-6+/t10-,11-,12-,14+,15-/m1/s1. The fourth-order valence-electron chi connectivity index (χ4n) is 3.14. The first-order valence-electron chi connectivity index (χ1n) is 6.64. The summed E-state index contributed by atoms with van der Waals surface area (Å²) in [5.74, 6) is -2.52. The van der Waals surface area contributed by atoms with Gasteiger partial charge in [-0.2, -0.15) is 0 Å². The van der Waals surface area contributed by atoms with Gasteiger partial charge in [0.1, 0.15) is 6.10 Å². The second-order valence-electron chi connectivity index (χ2n) is 5.99. The molecular weight excluding hydrogens is 260 g/mol. The van der Waals surface area contributed by atoms with E-state index in [1.54, 1.807) is 32.1 Å². The predicted octanol–water partition coefficient (Wildman–Crippen LogP) is 0.829. The van der Waals surface area contributed by atoms with Crippen LogP contribution in [0.2, 0.25) is 0 Å². The van der Waals surface area contributed by atoms with Crippen LogP contribution in [0.25, 0.3) is 0 Å². The number of esters is 1. The monoisotopic (exact) mass is 278 g/mol. The van der Waals surface area contributed by atoms with E-state index in [1.165, 1.54) is 0 Å². The fraction of sp³-hybridized carbons (Fsp3) is 0.533. The molecule has 0 aromatic rings. The lowest BCUT2D eigenvalue weighted by atomic mass is 9.84. The van der Waals surface area contributed by atoms with Crippen molar-refractivity contribution in [3.63, 3.8) is 0 Å². The summed E-state index contributed by atoms with van der Waals surface area (Å²) >= 11 is 0. The van der Waals surface area contributed by atoms with E-state index in [-0.39, 0.29) is 12.0 Å². The van der Waals surface area contributed by atoms with Crippen molar-refractivity contribution in [1.29, 1.82) is 0 Å². The van der Waals surface area contributed by atoms with Crippen LogP contribution in [0.1, 0.15) is 20.3 Å². The summed E-state index contributed by atoms with van der Waals surface area (Å²) in [6, 6.07) is 0. The van der Waals surface area contributed by atoms with Crippen molar-refractivity contribution in [2.45, 2.75) is 43.9 Å². The molecule has 3 rings (SSSR count). The van der Waals surface area contributed by atoms with E-state index >= 15 is 0 Å². The molecule has 0 spiro atoms. The lowest BCUT2D eigenvalue weighted by molar-refractivity contribution is -0.185. The van der Waals surface area contributed by atoms with E-state index in [0.717, 1.165) is 0 Å². The Bertz CT molecular complexity index is 548. The van der Waals surface area contributed by atoms with Crippen molar-refractivity contribution < 1.29 is 24.5 Å². The molecular formula is C15H18O5. The molecule has 1 saturated heterocycles. The minimum Gasteiger partial charge on any atom is -0.454 e. The van der Waals surface area contributed by atoms with Crippen molar-refractivity contribution in [1.82, 2.24) is 0 Å². The highest BCUT2D eigenvalue weighted by molar-refractivity contribution is 5.91. The second kappa shape index (κ2) is 4.04. The Labute approximate surface area is 117 Å². The van der Waals surface area contributed by atoms with Gasteiger partial charge in [0, 0.05) is 12.0 Å². The SMILES string of the molecule is C=C1C(=O)O[C@@H]2/C=C(\C)[C@@]3(O)C=C[C@@](C)(C[C@@H](O)[C@@H]12)O3. The summed E-state index contributed by atoms with van der Waals surface area (Å²) in [6.45, 7) is 7.21. The van der Waals surface area contributed by atoms with Crippen molar-refractivity contribution in [2.75, 3.05) is 0 Å². The second-order valence-corrected chi connectivity index (χ2v) is 5.99. The summed E-state index contributed by atoms with van der Waals surface area (Å²) in [5, 5.41) is 20.9. The van der Waals surface area contributed by atoms with Crippen LogP contribution in [0.3, 0.4) is 0 Å². The molecule has 20 heavy (non-hydrogen) atoms. The smallest absolute Gasteiger partial charge is 0.334 e. The number of hydrogen-bond donors (Lipinski definition) is 2. The normalized spacial score (nSPS) is 49.8. The average Bonchev–Trinajstić information content (AvgIpc) is 2.79. The van der Waals surface area contributed by atoms with Gasteiger partial charge in [0.15, 0.2) is 0 Å². The first-order chi connectivity index (χ1) is 9.24. The Morgan fingerprint density at radius 2 is 2.15 bits per heavy atom. The zero-order valence-electron chi connectivity index (χ0n) is 11.5. The van der Waals surface area contributed by atoms with Crippen molar-refractivity contribution >= 4 is 5.97 Å². The highest BCUT2D eigenvalue weighted by atomic mass is 16.6. The highest BCUT2D eigenvalue weighted by Crippen LogP contribution is 2.43. The van der Waals surface area contributed by atoms with Crippen molar-refractivity contribution in [2.24, 2.45) is 5.92 Å². The van der Waals surface area contributed by atoms with Crippen molar-refractivity contribution in [3.05, 3.63) is 36.0 Å². The maximum absolute atomic E-state index is 11.7. The summed E-state index contributed by atoms with van der Waals surface area (Å²) < 4.78 is 10.9. The van der Waals surface area contributed by atoms with Crippen LogP contribution >= 0.6 is 0 Å². The Kier molecular flexibility index (Phi) is 2.73. The van der Waals surface area contributed by atoms with E-state index < -0.39 is 35.5 Å². The molecule has 1 fully saturated rings. The van der Waals surface area contributed by atoms with Gasteiger partial charge in [-0.3, -0.25) is 0 Å². The molecule has 3 aliphatic heterocycles. The molecule has 5 atom stereocenters. The average molecular weight is 278 g/mol. The van der Waals surface area contributed by atoms with Crippen molar-refractivity contribution in [3.8, 4) is 0 Å². The molecule has 0 aromatic carbocycles. The molecule has 0 amide bonds. The third-order valence-corrected chi connectivity index (χ3v) is 4.32. The number of ether oxygens (including phenoxy) is 2. The Balaban J connectivity index is 2.07. The summed E-state index contributed by atoms with van der Waals surface area (Å²) in [5.41, 5.74) is 0.0114. The molecule has 3 aliphatic rings. The van der Waals surface area contributed by atoms with Crippen LogP contribution in [0.15, 0.2) is 36.0 Å².